The van der Waals surface area contributed by atoms with Crippen molar-refractivity contribution < 1.29 is 9.59 Å². The van der Waals surface area contributed by atoms with Crippen molar-refractivity contribution in [3.8, 4) is 0 Å². The zero-order valence-corrected chi connectivity index (χ0v) is 15.2. The molecule has 2 amide bonds. The molecule has 24 heavy (non-hydrogen) atoms. The zero-order chi connectivity index (χ0) is 17.1. The van der Waals surface area contributed by atoms with Crippen molar-refractivity contribution in [3.63, 3.8) is 0 Å². The number of nitrogens with one attached hydrogen (secondary N) is 1. The van der Waals surface area contributed by atoms with Crippen LogP contribution in [0.3, 0.4) is 0 Å². The summed E-state index contributed by atoms with van der Waals surface area (Å²) in [6, 6.07) is 14.9. The molecule has 0 radical (unpaired) electrons. The second-order valence-corrected chi connectivity index (χ2v) is 7.08. The molecule has 0 saturated carbocycles. The van der Waals surface area contributed by atoms with Crippen molar-refractivity contribution in [2.45, 2.75) is 13.0 Å². The fourth-order valence-electron chi connectivity index (χ4n) is 2.73. The maximum Gasteiger partial charge on any atom is 0.227 e. The first kappa shape index (κ1) is 17.0. The molecule has 1 fully saturated rings. The summed E-state index contributed by atoms with van der Waals surface area (Å²) < 4.78 is 0.953. The van der Waals surface area contributed by atoms with Crippen molar-refractivity contribution in [1.82, 2.24) is 5.32 Å². The molecule has 2 aromatic carbocycles. The van der Waals surface area contributed by atoms with Crippen LogP contribution in [0.2, 0.25) is 5.02 Å². The number of halogens is 2. The molecule has 0 bridgehead atoms. The molecule has 0 aliphatic carbocycles. The van der Waals surface area contributed by atoms with Crippen LogP contribution in [0.1, 0.15) is 12.0 Å². The van der Waals surface area contributed by atoms with Crippen LogP contribution < -0.4 is 10.2 Å². The largest absolute Gasteiger partial charge is 0.352 e. The molecular weight excluding hydrogens is 392 g/mol. The second-order valence-electron chi connectivity index (χ2n) is 5.73. The molecule has 1 N–H and O–H groups in total. The third-order valence-corrected chi connectivity index (χ3v) is 4.75. The molecular formula is C18H16BrClN2O2. The van der Waals surface area contributed by atoms with Crippen LogP contribution in [0.15, 0.2) is 53.0 Å². The molecule has 1 saturated heterocycles. The summed E-state index contributed by atoms with van der Waals surface area (Å²) in [5.41, 5.74) is 1.75. The van der Waals surface area contributed by atoms with Crippen molar-refractivity contribution >= 4 is 45.0 Å². The molecule has 0 unspecified atom stereocenters. The SMILES string of the molecule is O=C(NCc1cccc(Cl)c1)[C@H]1CC(=O)N(c2ccc(Br)cc2)C1. The Morgan fingerprint density at radius 2 is 2.00 bits per heavy atom. The first-order valence-corrected chi connectivity index (χ1v) is 8.78. The first-order chi connectivity index (χ1) is 11.5. The fraction of sp³-hybridized carbons (Fsp3) is 0.222. The summed E-state index contributed by atoms with van der Waals surface area (Å²) in [6.07, 6.45) is 0.234. The molecule has 1 heterocycles. The smallest absolute Gasteiger partial charge is 0.227 e. The van der Waals surface area contributed by atoms with Gasteiger partial charge in [0, 0.05) is 34.7 Å². The Morgan fingerprint density at radius 3 is 2.71 bits per heavy atom. The predicted molar refractivity (Wildman–Crippen MR) is 97.9 cm³/mol. The molecule has 1 atom stereocenters. The van der Waals surface area contributed by atoms with E-state index in [1.54, 1.807) is 11.0 Å². The van der Waals surface area contributed by atoms with Crippen LogP contribution in [0, 0.1) is 5.92 Å². The number of hydrogen-bond acceptors (Lipinski definition) is 2. The Balaban J connectivity index is 1.60. The number of carbonyl (C=O) groups is 2. The average molecular weight is 408 g/mol. The highest BCUT2D eigenvalue weighted by atomic mass is 79.9. The van der Waals surface area contributed by atoms with Gasteiger partial charge in [0.15, 0.2) is 0 Å². The lowest BCUT2D eigenvalue weighted by molar-refractivity contribution is -0.126. The lowest BCUT2D eigenvalue weighted by atomic mass is 10.1. The summed E-state index contributed by atoms with van der Waals surface area (Å²) in [6.45, 7) is 0.810. The van der Waals surface area contributed by atoms with Gasteiger partial charge in [0.2, 0.25) is 11.8 Å². The van der Waals surface area contributed by atoms with Crippen LogP contribution in [-0.4, -0.2) is 18.4 Å². The highest BCUT2D eigenvalue weighted by Crippen LogP contribution is 2.26. The van der Waals surface area contributed by atoms with Gasteiger partial charge in [0.05, 0.1) is 5.92 Å². The van der Waals surface area contributed by atoms with Gasteiger partial charge in [-0.1, -0.05) is 39.7 Å². The van der Waals surface area contributed by atoms with Gasteiger partial charge in [-0.05, 0) is 42.0 Å². The van der Waals surface area contributed by atoms with E-state index in [0.717, 1.165) is 15.7 Å². The molecule has 2 aromatic rings. The van der Waals surface area contributed by atoms with Gasteiger partial charge in [-0.2, -0.15) is 0 Å². The third kappa shape index (κ3) is 3.97. The van der Waals surface area contributed by atoms with Crippen molar-refractivity contribution in [2.75, 3.05) is 11.4 Å². The van der Waals surface area contributed by atoms with E-state index < -0.39 is 0 Å². The topological polar surface area (TPSA) is 49.4 Å². The zero-order valence-electron chi connectivity index (χ0n) is 12.8. The molecule has 0 spiro atoms. The minimum atomic E-state index is -0.333. The van der Waals surface area contributed by atoms with Crippen LogP contribution >= 0.6 is 27.5 Å². The predicted octanol–water partition coefficient (Wildman–Crippen LogP) is 3.77. The van der Waals surface area contributed by atoms with E-state index in [-0.39, 0.29) is 24.2 Å². The third-order valence-electron chi connectivity index (χ3n) is 3.99. The number of nitrogens with zero attached hydrogens (tertiary/aromatic N) is 1. The van der Waals surface area contributed by atoms with Crippen LogP contribution in [0.5, 0.6) is 0 Å². The molecule has 124 valence electrons. The number of hydrogen-bond donors (Lipinski definition) is 1. The van der Waals surface area contributed by atoms with E-state index in [1.807, 2.05) is 42.5 Å². The van der Waals surface area contributed by atoms with Crippen LogP contribution in [0.4, 0.5) is 5.69 Å². The van der Waals surface area contributed by atoms with Gasteiger partial charge >= 0.3 is 0 Å². The molecule has 4 nitrogen and oxygen atoms in total. The van der Waals surface area contributed by atoms with Gasteiger partial charge in [-0.15, -0.1) is 0 Å². The molecule has 3 rings (SSSR count). The highest BCUT2D eigenvalue weighted by Gasteiger charge is 2.34. The molecule has 6 heteroatoms. The van der Waals surface area contributed by atoms with Gasteiger partial charge in [0.1, 0.15) is 0 Å². The molecule has 1 aliphatic rings. The van der Waals surface area contributed by atoms with Crippen molar-refractivity contribution in [3.05, 3.63) is 63.6 Å². The van der Waals surface area contributed by atoms with Crippen molar-refractivity contribution in [1.29, 1.82) is 0 Å². The maximum absolute atomic E-state index is 12.3. The van der Waals surface area contributed by atoms with Gasteiger partial charge in [-0.25, -0.2) is 0 Å². The molecule has 1 aliphatic heterocycles. The van der Waals surface area contributed by atoms with E-state index in [4.69, 9.17) is 11.6 Å². The fourth-order valence-corrected chi connectivity index (χ4v) is 3.21. The summed E-state index contributed by atoms with van der Waals surface area (Å²) in [5, 5.41) is 3.52. The Hall–Kier alpha value is -1.85. The Morgan fingerprint density at radius 1 is 1.25 bits per heavy atom. The summed E-state index contributed by atoms with van der Waals surface area (Å²) in [7, 11) is 0. The summed E-state index contributed by atoms with van der Waals surface area (Å²) >= 11 is 9.31. The number of rotatable bonds is 4. The number of anilines is 1. The maximum atomic E-state index is 12.3. The van der Waals surface area contributed by atoms with E-state index >= 15 is 0 Å². The number of benzene rings is 2. The Kier molecular flexibility index (Phi) is 5.21. The summed E-state index contributed by atoms with van der Waals surface area (Å²) in [5.74, 6) is -0.469. The molecule has 0 aromatic heterocycles. The quantitative estimate of drug-likeness (QED) is 0.839. The summed E-state index contributed by atoms with van der Waals surface area (Å²) in [4.78, 5) is 26.2. The number of amides is 2. The average Bonchev–Trinajstić information content (AvgIpc) is 2.95. The van der Waals surface area contributed by atoms with E-state index in [2.05, 4.69) is 21.2 Å². The van der Waals surface area contributed by atoms with Crippen LogP contribution in [0.25, 0.3) is 0 Å². The van der Waals surface area contributed by atoms with E-state index in [9.17, 15) is 9.59 Å². The standard InChI is InChI=1S/C18H16BrClN2O2/c19-14-4-6-16(7-5-14)22-11-13(9-17(22)23)18(24)21-10-12-2-1-3-15(20)8-12/h1-8,13H,9-11H2,(H,21,24)/t13-/m0/s1. The first-order valence-electron chi connectivity index (χ1n) is 7.61. The Bertz CT molecular complexity index is 764. The highest BCUT2D eigenvalue weighted by molar-refractivity contribution is 9.10. The van der Waals surface area contributed by atoms with Crippen LogP contribution in [-0.2, 0) is 16.1 Å². The second kappa shape index (κ2) is 7.36. The lowest BCUT2D eigenvalue weighted by Crippen LogP contribution is -2.32. The monoisotopic (exact) mass is 406 g/mol. The lowest BCUT2D eigenvalue weighted by Gasteiger charge is -2.16. The number of carbonyl (C=O) groups excluding carboxylic acids is 2. The minimum absolute atomic E-state index is 0.0276. The van der Waals surface area contributed by atoms with Crippen molar-refractivity contribution in [2.24, 2.45) is 5.92 Å². The normalized spacial score (nSPS) is 17.2. The van der Waals surface area contributed by atoms with Gasteiger partial charge in [-0.3, -0.25) is 9.59 Å². The van der Waals surface area contributed by atoms with E-state index in [0.29, 0.717) is 18.1 Å². The van der Waals surface area contributed by atoms with Gasteiger partial charge < -0.3 is 10.2 Å². The minimum Gasteiger partial charge on any atom is -0.352 e. The van der Waals surface area contributed by atoms with Gasteiger partial charge in [0.25, 0.3) is 0 Å². The van der Waals surface area contributed by atoms with E-state index in [1.165, 1.54) is 0 Å². The Labute approximate surface area is 153 Å².